The summed E-state index contributed by atoms with van der Waals surface area (Å²) in [5, 5.41) is 5.00. The zero-order valence-corrected chi connectivity index (χ0v) is 12.0. The Bertz CT molecular complexity index is 699. The minimum absolute atomic E-state index is 0.257. The van der Waals surface area contributed by atoms with Crippen LogP contribution < -0.4 is 10.6 Å². The average Bonchev–Trinajstić information content (AvgIpc) is 2.46. The lowest BCUT2D eigenvalue weighted by molar-refractivity contribution is -0.139. The topological polar surface area (TPSA) is 54.0 Å². The molecule has 1 aromatic carbocycles. The molecule has 4 nitrogen and oxygen atoms in total. The van der Waals surface area contributed by atoms with Gasteiger partial charge in [0.15, 0.2) is 0 Å². The number of hydrogen-bond donors (Lipinski definition) is 2. The number of pyridine rings is 1. The van der Waals surface area contributed by atoms with E-state index in [1.165, 1.54) is 24.4 Å². The van der Waals surface area contributed by atoms with Gasteiger partial charge in [-0.25, -0.2) is 14.2 Å². The summed E-state index contributed by atoms with van der Waals surface area (Å²) < 4.78 is 51.1. The molecule has 1 heterocycles. The smallest absolute Gasteiger partial charge is 0.338 e. The highest BCUT2D eigenvalue weighted by Gasteiger charge is 2.33. The van der Waals surface area contributed by atoms with E-state index in [2.05, 4.69) is 15.6 Å². The van der Waals surface area contributed by atoms with Crippen molar-refractivity contribution in [3.8, 4) is 11.1 Å². The van der Waals surface area contributed by atoms with Gasteiger partial charge in [-0.1, -0.05) is 6.07 Å². The van der Waals surface area contributed by atoms with Crippen LogP contribution in [0.15, 0.2) is 36.5 Å². The van der Waals surface area contributed by atoms with Crippen molar-refractivity contribution in [1.82, 2.24) is 10.3 Å². The number of nitrogens with zero attached hydrogens (tertiary/aromatic N) is 1. The fourth-order valence-electron chi connectivity index (χ4n) is 1.88. The molecular weight excluding hydrogens is 314 g/mol. The van der Waals surface area contributed by atoms with Crippen LogP contribution in [0.25, 0.3) is 11.1 Å². The zero-order valence-electron chi connectivity index (χ0n) is 12.0. The van der Waals surface area contributed by atoms with E-state index >= 15 is 0 Å². The van der Waals surface area contributed by atoms with Gasteiger partial charge in [0.05, 0.1) is 5.56 Å². The molecule has 0 aliphatic rings. The molecule has 0 unspecified atom stereocenters. The highest BCUT2D eigenvalue weighted by molar-refractivity contribution is 5.88. The lowest BCUT2D eigenvalue weighted by atomic mass is 10.0. The second-order valence-corrected chi connectivity index (χ2v) is 4.61. The second kappa shape index (κ2) is 6.64. The van der Waals surface area contributed by atoms with Crippen molar-refractivity contribution in [2.45, 2.75) is 13.1 Å². The molecule has 0 radical (unpaired) electrons. The van der Waals surface area contributed by atoms with Crippen molar-refractivity contribution < 1.29 is 22.4 Å². The summed E-state index contributed by atoms with van der Waals surface area (Å²) >= 11 is 0. The summed E-state index contributed by atoms with van der Waals surface area (Å²) in [4.78, 5) is 15.3. The third-order valence-corrected chi connectivity index (χ3v) is 2.95. The van der Waals surface area contributed by atoms with Crippen LogP contribution in [0.4, 0.5) is 28.2 Å². The number of carbonyl (C=O) groups excluding carboxylic acids is 1. The molecule has 0 aliphatic heterocycles. The highest BCUT2D eigenvalue weighted by atomic mass is 19.4. The Labute approximate surface area is 129 Å². The van der Waals surface area contributed by atoms with Gasteiger partial charge in [0.2, 0.25) is 0 Å². The van der Waals surface area contributed by atoms with E-state index < -0.39 is 23.6 Å². The fraction of sp³-hybridized carbons (Fsp3) is 0.200. The van der Waals surface area contributed by atoms with Gasteiger partial charge in [0.25, 0.3) is 0 Å². The van der Waals surface area contributed by atoms with E-state index in [-0.39, 0.29) is 11.4 Å². The first-order valence-electron chi connectivity index (χ1n) is 6.69. The molecular formula is C15H13F4N3O. The monoisotopic (exact) mass is 327 g/mol. The van der Waals surface area contributed by atoms with Gasteiger partial charge >= 0.3 is 12.2 Å². The van der Waals surface area contributed by atoms with Crippen molar-refractivity contribution >= 4 is 11.8 Å². The van der Waals surface area contributed by atoms with E-state index in [1.807, 2.05) is 0 Å². The van der Waals surface area contributed by atoms with Crippen molar-refractivity contribution in [1.29, 1.82) is 0 Å². The van der Waals surface area contributed by atoms with Gasteiger partial charge in [-0.2, -0.15) is 13.2 Å². The number of amides is 2. The Morgan fingerprint density at radius 1 is 1.17 bits per heavy atom. The molecule has 0 spiro atoms. The van der Waals surface area contributed by atoms with Crippen LogP contribution in [0.5, 0.6) is 0 Å². The number of rotatable bonds is 3. The van der Waals surface area contributed by atoms with Gasteiger partial charge in [-0.3, -0.25) is 5.32 Å². The number of urea groups is 1. The van der Waals surface area contributed by atoms with E-state index in [0.717, 1.165) is 6.07 Å². The number of hydrogen-bond acceptors (Lipinski definition) is 2. The Balaban J connectivity index is 2.20. The Morgan fingerprint density at radius 2 is 1.87 bits per heavy atom. The van der Waals surface area contributed by atoms with E-state index in [9.17, 15) is 22.4 Å². The molecule has 0 bridgehead atoms. The van der Waals surface area contributed by atoms with Crippen LogP contribution in [0.1, 0.15) is 12.5 Å². The first-order valence-corrected chi connectivity index (χ1v) is 6.69. The predicted molar refractivity (Wildman–Crippen MR) is 77.3 cm³/mol. The maximum atomic E-state index is 13.6. The summed E-state index contributed by atoms with van der Waals surface area (Å²) in [5.74, 6) is -1.08. The van der Waals surface area contributed by atoms with Crippen molar-refractivity contribution in [2.75, 3.05) is 11.9 Å². The predicted octanol–water partition coefficient (Wildman–Crippen LogP) is 4.05. The quantitative estimate of drug-likeness (QED) is 0.836. The maximum Gasteiger partial charge on any atom is 0.419 e. The van der Waals surface area contributed by atoms with E-state index in [1.54, 1.807) is 6.92 Å². The second-order valence-electron chi connectivity index (χ2n) is 4.61. The normalized spacial score (nSPS) is 11.2. The fourth-order valence-corrected chi connectivity index (χ4v) is 1.88. The minimum Gasteiger partial charge on any atom is -0.338 e. The van der Waals surface area contributed by atoms with Crippen molar-refractivity contribution in [3.63, 3.8) is 0 Å². The van der Waals surface area contributed by atoms with Gasteiger partial charge in [0.1, 0.15) is 11.6 Å². The van der Waals surface area contributed by atoms with E-state index in [4.69, 9.17) is 0 Å². The molecule has 2 rings (SSSR count). The van der Waals surface area contributed by atoms with Gasteiger partial charge in [-0.05, 0) is 36.8 Å². The van der Waals surface area contributed by atoms with Crippen molar-refractivity contribution in [2.24, 2.45) is 0 Å². The SMILES string of the molecule is CCNC(=O)Nc1ccc(-c2ccc(C(F)(F)F)c(F)c2)cn1. The average molecular weight is 327 g/mol. The van der Waals surface area contributed by atoms with Crippen LogP contribution in [-0.4, -0.2) is 17.6 Å². The molecule has 0 atom stereocenters. The van der Waals surface area contributed by atoms with Gasteiger partial charge in [0, 0.05) is 18.3 Å². The summed E-state index contributed by atoms with van der Waals surface area (Å²) in [7, 11) is 0. The lowest BCUT2D eigenvalue weighted by Crippen LogP contribution is -2.28. The number of nitrogens with one attached hydrogen (secondary N) is 2. The Morgan fingerprint density at radius 3 is 2.39 bits per heavy atom. The van der Waals surface area contributed by atoms with Gasteiger partial charge in [-0.15, -0.1) is 0 Å². The first kappa shape index (κ1) is 16.7. The third kappa shape index (κ3) is 4.18. The number of halogens is 4. The summed E-state index contributed by atoms with van der Waals surface area (Å²) in [5.41, 5.74) is -0.629. The van der Waals surface area contributed by atoms with Crippen LogP contribution in [-0.2, 0) is 6.18 Å². The summed E-state index contributed by atoms with van der Waals surface area (Å²) in [6.07, 6.45) is -3.40. The lowest BCUT2D eigenvalue weighted by Gasteiger charge is -2.10. The molecule has 122 valence electrons. The molecule has 0 saturated carbocycles. The number of benzene rings is 1. The Kier molecular flexibility index (Phi) is 4.83. The van der Waals surface area contributed by atoms with Crippen LogP contribution >= 0.6 is 0 Å². The molecule has 2 amide bonds. The zero-order chi connectivity index (χ0) is 17.0. The maximum absolute atomic E-state index is 13.6. The highest BCUT2D eigenvalue weighted by Crippen LogP contribution is 2.33. The Hall–Kier alpha value is -2.64. The molecule has 2 aromatic rings. The van der Waals surface area contributed by atoms with E-state index in [0.29, 0.717) is 18.2 Å². The first-order chi connectivity index (χ1) is 10.8. The largest absolute Gasteiger partial charge is 0.419 e. The standard InChI is InChI=1S/C15H13F4N3O/c1-2-20-14(23)22-13-6-4-10(8-21-13)9-3-5-11(12(16)7-9)15(17,18)19/h3-8H,2H2,1H3,(H2,20,21,22,23). The van der Waals surface area contributed by atoms with Gasteiger partial charge < -0.3 is 5.32 Å². The summed E-state index contributed by atoms with van der Waals surface area (Å²) in [6.45, 7) is 2.21. The molecule has 23 heavy (non-hydrogen) atoms. The molecule has 0 fully saturated rings. The number of alkyl halides is 3. The molecule has 8 heteroatoms. The number of carbonyl (C=O) groups is 1. The summed E-state index contributed by atoms with van der Waals surface area (Å²) in [6, 6.07) is 5.23. The van der Waals surface area contributed by atoms with Crippen LogP contribution in [0.3, 0.4) is 0 Å². The van der Waals surface area contributed by atoms with Crippen LogP contribution in [0.2, 0.25) is 0 Å². The molecule has 1 aromatic heterocycles. The molecule has 2 N–H and O–H groups in total. The molecule has 0 aliphatic carbocycles. The van der Waals surface area contributed by atoms with Crippen LogP contribution in [0, 0.1) is 5.82 Å². The molecule has 0 saturated heterocycles. The van der Waals surface area contributed by atoms with Crippen molar-refractivity contribution in [3.05, 3.63) is 47.9 Å². The minimum atomic E-state index is -4.73. The number of aromatic nitrogens is 1. The number of anilines is 1. The third-order valence-electron chi connectivity index (χ3n) is 2.95.